The topological polar surface area (TPSA) is 49.9 Å². The highest BCUT2D eigenvalue weighted by molar-refractivity contribution is 6.52. The second-order valence-corrected chi connectivity index (χ2v) is 7.27. The molecule has 0 saturated carbocycles. The molecule has 1 saturated heterocycles. The zero-order valence-electron chi connectivity index (χ0n) is 15.2. The van der Waals surface area contributed by atoms with Crippen molar-refractivity contribution in [2.24, 2.45) is 0 Å². The van der Waals surface area contributed by atoms with Gasteiger partial charge < -0.3 is 4.74 Å². The van der Waals surface area contributed by atoms with Gasteiger partial charge in [-0.2, -0.15) is 0 Å². The first-order valence-corrected chi connectivity index (χ1v) is 9.59. The molecule has 0 bridgehead atoms. The van der Waals surface area contributed by atoms with Crippen LogP contribution in [0.4, 0.5) is 5.69 Å². The van der Waals surface area contributed by atoms with E-state index >= 15 is 0 Å². The van der Waals surface area contributed by atoms with Gasteiger partial charge >= 0.3 is 5.91 Å². The van der Waals surface area contributed by atoms with Gasteiger partial charge in [-0.25, -0.2) is 0 Å². The number of hydrogen-bond acceptors (Lipinski definition) is 4. The van der Waals surface area contributed by atoms with Gasteiger partial charge in [0.05, 0.1) is 24.5 Å². The predicted octanol–water partition coefficient (Wildman–Crippen LogP) is 4.06. The van der Waals surface area contributed by atoms with E-state index in [-0.39, 0.29) is 6.04 Å². The van der Waals surface area contributed by atoms with Gasteiger partial charge in [0.2, 0.25) is 0 Å². The molecule has 2 aliphatic rings. The Morgan fingerprint density at radius 1 is 1.15 bits per heavy atom. The number of rotatable bonds is 5. The van der Waals surface area contributed by atoms with Crippen LogP contribution in [-0.4, -0.2) is 36.4 Å². The summed E-state index contributed by atoms with van der Waals surface area (Å²) >= 11 is 5.99. The van der Waals surface area contributed by atoms with Crippen molar-refractivity contribution in [1.82, 2.24) is 4.90 Å². The summed E-state index contributed by atoms with van der Waals surface area (Å²) in [7, 11) is 0. The maximum absolute atomic E-state index is 12.5. The highest BCUT2D eigenvalue weighted by Gasteiger charge is 2.38. The average Bonchev–Trinajstić information content (AvgIpc) is 3.22. The monoisotopic (exact) mass is 384 g/mol. The Morgan fingerprint density at radius 3 is 2.67 bits per heavy atom. The summed E-state index contributed by atoms with van der Waals surface area (Å²) < 4.78 is 5.52. The normalized spacial score (nSPS) is 19.6. The van der Waals surface area contributed by atoms with E-state index in [2.05, 4.69) is 17.0 Å². The molecule has 0 spiro atoms. The van der Waals surface area contributed by atoms with Crippen LogP contribution < -0.4 is 9.64 Å². The number of nitrogens with zero attached hydrogens (tertiary/aromatic N) is 2. The first-order chi connectivity index (χ1) is 13.1. The van der Waals surface area contributed by atoms with Gasteiger partial charge in [0.25, 0.3) is 5.78 Å². The predicted molar refractivity (Wildman–Crippen MR) is 104 cm³/mol. The second-order valence-electron chi connectivity index (χ2n) is 6.84. The number of halogens is 1. The van der Waals surface area contributed by atoms with Gasteiger partial charge in [0.1, 0.15) is 5.75 Å². The number of ether oxygens (including phenoxy) is 1. The Morgan fingerprint density at radius 2 is 1.93 bits per heavy atom. The van der Waals surface area contributed by atoms with Crippen LogP contribution in [0.2, 0.25) is 5.02 Å². The lowest BCUT2D eigenvalue weighted by Crippen LogP contribution is -2.40. The summed E-state index contributed by atoms with van der Waals surface area (Å²) in [4.78, 5) is 28.6. The number of anilines is 1. The van der Waals surface area contributed by atoms with Crippen molar-refractivity contribution in [2.75, 3.05) is 24.7 Å². The number of likely N-dealkylation sites (tertiary alicyclic amines) is 1. The van der Waals surface area contributed by atoms with Crippen molar-refractivity contribution in [3.05, 3.63) is 58.6 Å². The molecule has 4 rings (SSSR count). The van der Waals surface area contributed by atoms with Crippen LogP contribution in [-0.2, 0) is 4.79 Å². The first-order valence-electron chi connectivity index (χ1n) is 9.21. The van der Waals surface area contributed by atoms with E-state index in [1.807, 2.05) is 19.1 Å². The van der Waals surface area contributed by atoms with Gasteiger partial charge in [0.15, 0.2) is 0 Å². The molecular weight excluding hydrogens is 364 g/mol. The fraction of sp³-hybridized carbons (Fsp3) is 0.333. The molecule has 2 aromatic rings. The Balaban J connectivity index is 1.55. The van der Waals surface area contributed by atoms with Crippen molar-refractivity contribution in [3.8, 4) is 5.75 Å². The quantitative estimate of drug-likeness (QED) is 0.729. The number of hydrogen-bond donors (Lipinski definition) is 0. The molecule has 27 heavy (non-hydrogen) atoms. The van der Waals surface area contributed by atoms with E-state index in [0.717, 1.165) is 25.1 Å². The molecule has 0 radical (unpaired) electrons. The molecule has 5 nitrogen and oxygen atoms in total. The van der Waals surface area contributed by atoms with Gasteiger partial charge in [-0.3, -0.25) is 19.4 Å². The lowest BCUT2D eigenvalue weighted by atomic mass is 10.0. The fourth-order valence-electron chi connectivity index (χ4n) is 3.92. The Hall–Kier alpha value is -2.37. The molecular formula is C21H21ClN2O3. The summed E-state index contributed by atoms with van der Waals surface area (Å²) in [6.45, 7) is 3.89. The Kier molecular flexibility index (Phi) is 4.89. The van der Waals surface area contributed by atoms with Crippen LogP contribution in [0, 0.1) is 0 Å². The number of ketones is 1. The second kappa shape index (κ2) is 7.33. The molecule has 0 aliphatic carbocycles. The largest absolute Gasteiger partial charge is 0.494 e. The minimum atomic E-state index is -0.482. The van der Waals surface area contributed by atoms with E-state index in [1.165, 1.54) is 5.56 Å². The molecule has 0 unspecified atom stereocenters. The van der Waals surface area contributed by atoms with Crippen LogP contribution in [0.25, 0.3) is 0 Å². The number of carbonyl (C=O) groups excluding carboxylic acids is 2. The van der Waals surface area contributed by atoms with E-state index in [4.69, 9.17) is 16.3 Å². The lowest BCUT2D eigenvalue weighted by molar-refractivity contribution is -0.114. The fourth-order valence-corrected chi connectivity index (χ4v) is 4.09. The first kappa shape index (κ1) is 18.0. The van der Waals surface area contributed by atoms with Crippen LogP contribution >= 0.6 is 11.6 Å². The third-order valence-electron chi connectivity index (χ3n) is 5.20. The van der Waals surface area contributed by atoms with Crippen molar-refractivity contribution in [1.29, 1.82) is 0 Å². The number of carbonyl (C=O) groups is 2. The Bertz CT molecular complexity index is 881. The maximum Gasteiger partial charge on any atom is 0.300 e. The summed E-state index contributed by atoms with van der Waals surface area (Å²) in [6, 6.07) is 13.4. The van der Waals surface area contributed by atoms with Gasteiger partial charge in [0, 0.05) is 17.6 Å². The molecule has 140 valence electrons. The molecule has 0 N–H and O–H groups in total. The van der Waals surface area contributed by atoms with Gasteiger partial charge in [-0.05, 0) is 55.7 Å². The zero-order valence-corrected chi connectivity index (χ0v) is 15.9. The minimum absolute atomic E-state index is 0.222. The highest BCUT2D eigenvalue weighted by Crippen LogP contribution is 2.36. The zero-order chi connectivity index (χ0) is 19.0. The van der Waals surface area contributed by atoms with Gasteiger partial charge in [-0.15, -0.1) is 0 Å². The summed E-state index contributed by atoms with van der Waals surface area (Å²) in [6.07, 6.45) is 2.08. The van der Waals surface area contributed by atoms with E-state index in [9.17, 15) is 9.59 Å². The molecule has 6 heteroatoms. The van der Waals surface area contributed by atoms with E-state index < -0.39 is 11.7 Å². The van der Waals surface area contributed by atoms with Crippen molar-refractivity contribution >= 4 is 29.0 Å². The number of benzene rings is 2. The van der Waals surface area contributed by atoms with Crippen molar-refractivity contribution in [2.45, 2.75) is 25.8 Å². The Labute approximate surface area is 163 Å². The molecule has 0 aromatic heterocycles. The smallest absolute Gasteiger partial charge is 0.300 e. The molecule has 1 fully saturated rings. The van der Waals surface area contributed by atoms with Crippen LogP contribution in [0.3, 0.4) is 0 Å². The number of amides is 1. The van der Waals surface area contributed by atoms with Crippen molar-refractivity contribution in [3.63, 3.8) is 0 Å². The molecule has 2 aliphatic heterocycles. The van der Waals surface area contributed by atoms with Crippen LogP contribution in [0.5, 0.6) is 5.75 Å². The SMILES string of the molecule is CCOc1ccc([C@@H]2CCCN2CN2C(=O)C(=O)c3cc(Cl)ccc32)cc1. The third-order valence-corrected chi connectivity index (χ3v) is 5.43. The third kappa shape index (κ3) is 3.33. The summed E-state index contributed by atoms with van der Waals surface area (Å²) in [5.41, 5.74) is 2.24. The van der Waals surface area contributed by atoms with Crippen LogP contribution in [0.1, 0.15) is 41.7 Å². The molecule has 2 aromatic carbocycles. The minimum Gasteiger partial charge on any atom is -0.494 e. The summed E-state index contributed by atoms with van der Waals surface area (Å²) in [5.74, 6) is -0.106. The van der Waals surface area contributed by atoms with E-state index in [0.29, 0.717) is 29.5 Å². The van der Waals surface area contributed by atoms with E-state index in [1.54, 1.807) is 23.1 Å². The molecule has 1 atom stereocenters. The maximum atomic E-state index is 12.5. The van der Waals surface area contributed by atoms with Crippen molar-refractivity contribution < 1.29 is 14.3 Å². The standard InChI is InChI=1S/C21H21ClN2O3/c1-2-27-16-8-5-14(6-9-16)18-4-3-11-23(18)13-24-19-10-7-15(22)12-17(19)20(25)21(24)26/h5-10,12,18H,2-4,11,13H2,1H3/t18-/m0/s1. The highest BCUT2D eigenvalue weighted by atomic mass is 35.5. The average molecular weight is 385 g/mol. The summed E-state index contributed by atoms with van der Waals surface area (Å²) in [5, 5.41) is 0.463. The number of fused-ring (bicyclic) bond motifs is 1. The molecule has 2 heterocycles. The number of Topliss-reactive ketones (excluding diaryl/α,β-unsaturated/α-hetero) is 1. The lowest BCUT2D eigenvalue weighted by Gasteiger charge is -2.29. The molecule has 1 amide bonds. The van der Waals surface area contributed by atoms with Crippen LogP contribution in [0.15, 0.2) is 42.5 Å². The van der Waals surface area contributed by atoms with Gasteiger partial charge in [-0.1, -0.05) is 23.7 Å².